The number of carbonyl (C=O) groups excluding carboxylic acids is 1. The van der Waals surface area contributed by atoms with Gasteiger partial charge in [0.15, 0.2) is 0 Å². The standard InChI is InChI=1S/C20H23ClN2O2/c1-15-4-10-19(18(21)14-15)22-20(24)11-7-16-5-8-17(9-6-16)25-13-12-23(2)3/h4-11,14H,12-13H2,1-3H3,(H,22,24)/b11-7+. The van der Waals surface area contributed by atoms with Crippen molar-refractivity contribution in [3.63, 3.8) is 0 Å². The maximum absolute atomic E-state index is 12.0. The highest BCUT2D eigenvalue weighted by Gasteiger charge is 2.03. The first-order valence-corrected chi connectivity index (χ1v) is 8.44. The zero-order chi connectivity index (χ0) is 18.2. The molecule has 1 N–H and O–H groups in total. The van der Waals surface area contributed by atoms with Crippen LogP contribution in [0.1, 0.15) is 11.1 Å². The number of hydrogen-bond donors (Lipinski definition) is 1. The van der Waals surface area contributed by atoms with Crippen molar-refractivity contribution in [2.75, 3.05) is 32.6 Å². The summed E-state index contributed by atoms with van der Waals surface area (Å²) in [5.41, 5.74) is 2.57. The Balaban J connectivity index is 1.89. The van der Waals surface area contributed by atoms with Gasteiger partial charge in [0.2, 0.25) is 5.91 Å². The summed E-state index contributed by atoms with van der Waals surface area (Å²) in [6.07, 6.45) is 3.24. The van der Waals surface area contributed by atoms with Gasteiger partial charge in [0.1, 0.15) is 12.4 Å². The molecule has 0 radical (unpaired) electrons. The molecule has 132 valence electrons. The molecule has 2 rings (SSSR count). The van der Waals surface area contributed by atoms with Gasteiger partial charge in [0.05, 0.1) is 10.7 Å². The molecule has 0 heterocycles. The van der Waals surface area contributed by atoms with Gasteiger partial charge in [-0.05, 0) is 62.5 Å². The highest BCUT2D eigenvalue weighted by atomic mass is 35.5. The van der Waals surface area contributed by atoms with Crippen LogP contribution in [0.3, 0.4) is 0 Å². The fourth-order valence-corrected chi connectivity index (χ4v) is 2.37. The number of rotatable bonds is 7. The van der Waals surface area contributed by atoms with Gasteiger partial charge in [-0.1, -0.05) is 29.8 Å². The van der Waals surface area contributed by atoms with Crippen LogP contribution >= 0.6 is 11.6 Å². The first-order chi connectivity index (χ1) is 11.9. The molecule has 5 heteroatoms. The summed E-state index contributed by atoms with van der Waals surface area (Å²) in [6.45, 7) is 3.45. The van der Waals surface area contributed by atoms with Crippen molar-refractivity contribution in [1.29, 1.82) is 0 Å². The van der Waals surface area contributed by atoms with Crippen LogP contribution in [0.25, 0.3) is 6.08 Å². The first-order valence-electron chi connectivity index (χ1n) is 8.07. The summed E-state index contributed by atoms with van der Waals surface area (Å²) in [4.78, 5) is 14.1. The second-order valence-electron chi connectivity index (χ2n) is 6.03. The zero-order valence-corrected chi connectivity index (χ0v) is 15.5. The molecule has 1 amide bonds. The van der Waals surface area contributed by atoms with E-state index in [0.29, 0.717) is 17.3 Å². The smallest absolute Gasteiger partial charge is 0.248 e. The van der Waals surface area contributed by atoms with Crippen molar-refractivity contribution >= 4 is 29.3 Å². The van der Waals surface area contributed by atoms with Crippen LogP contribution in [0.5, 0.6) is 5.75 Å². The Morgan fingerprint density at radius 3 is 2.56 bits per heavy atom. The molecule has 0 aliphatic carbocycles. The molecular formula is C20H23ClN2O2. The molecule has 0 saturated carbocycles. The van der Waals surface area contributed by atoms with Crippen molar-refractivity contribution in [3.8, 4) is 5.75 Å². The summed E-state index contributed by atoms with van der Waals surface area (Å²) in [7, 11) is 4.01. The van der Waals surface area contributed by atoms with E-state index in [4.69, 9.17) is 16.3 Å². The zero-order valence-electron chi connectivity index (χ0n) is 14.8. The summed E-state index contributed by atoms with van der Waals surface area (Å²) in [5, 5.41) is 3.30. The molecular weight excluding hydrogens is 336 g/mol. The van der Waals surface area contributed by atoms with E-state index in [-0.39, 0.29) is 5.91 Å². The van der Waals surface area contributed by atoms with Crippen molar-refractivity contribution < 1.29 is 9.53 Å². The van der Waals surface area contributed by atoms with Gasteiger partial charge in [0.25, 0.3) is 0 Å². The molecule has 2 aromatic rings. The van der Waals surface area contributed by atoms with Crippen molar-refractivity contribution in [3.05, 3.63) is 64.7 Å². The number of ether oxygens (including phenoxy) is 1. The van der Waals surface area contributed by atoms with Gasteiger partial charge in [-0.2, -0.15) is 0 Å². The maximum Gasteiger partial charge on any atom is 0.248 e. The third kappa shape index (κ3) is 6.61. The molecule has 0 unspecified atom stereocenters. The predicted octanol–water partition coefficient (Wildman–Crippen LogP) is 4.24. The van der Waals surface area contributed by atoms with Gasteiger partial charge in [-0.15, -0.1) is 0 Å². The molecule has 4 nitrogen and oxygen atoms in total. The summed E-state index contributed by atoms with van der Waals surface area (Å²) in [6, 6.07) is 13.1. The van der Waals surface area contributed by atoms with Crippen LogP contribution in [-0.2, 0) is 4.79 Å². The van der Waals surface area contributed by atoms with Crippen molar-refractivity contribution in [2.24, 2.45) is 0 Å². The summed E-state index contributed by atoms with van der Waals surface area (Å²) < 4.78 is 5.64. The van der Waals surface area contributed by atoms with Crippen LogP contribution in [0.4, 0.5) is 5.69 Å². The van der Waals surface area contributed by atoms with E-state index < -0.39 is 0 Å². The number of nitrogens with one attached hydrogen (secondary N) is 1. The van der Waals surface area contributed by atoms with Crippen molar-refractivity contribution in [1.82, 2.24) is 4.90 Å². The molecule has 0 aliphatic heterocycles. The number of carbonyl (C=O) groups is 1. The number of likely N-dealkylation sites (N-methyl/N-ethyl adjacent to an activating group) is 1. The van der Waals surface area contributed by atoms with Gasteiger partial charge in [-0.3, -0.25) is 4.79 Å². The number of aryl methyl sites for hydroxylation is 1. The third-order valence-corrected chi connectivity index (χ3v) is 3.81. The molecule has 0 saturated heterocycles. The Labute approximate surface area is 154 Å². The minimum absolute atomic E-state index is 0.225. The lowest BCUT2D eigenvalue weighted by Gasteiger charge is -2.10. The minimum atomic E-state index is -0.225. The molecule has 0 aromatic heterocycles. The summed E-state index contributed by atoms with van der Waals surface area (Å²) in [5.74, 6) is 0.590. The van der Waals surface area contributed by atoms with Crippen LogP contribution in [-0.4, -0.2) is 38.1 Å². The molecule has 0 bridgehead atoms. The monoisotopic (exact) mass is 358 g/mol. The second-order valence-corrected chi connectivity index (χ2v) is 6.43. The van der Waals surface area contributed by atoms with E-state index in [1.165, 1.54) is 6.08 Å². The molecule has 0 spiro atoms. The Morgan fingerprint density at radius 1 is 1.20 bits per heavy atom. The predicted molar refractivity (Wildman–Crippen MR) is 104 cm³/mol. The summed E-state index contributed by atoms with van der Waals surface area (Å²) >= 11 is 6.11. The van der Waals surface area contributed by atoms with Crippen molar-refractivity contribution in [2.45, 2.75) is 6.92 Å². The fraction of sp³-hybridized carbons (Fsp3) is 0.250. The Bertz CT molecular complexity index is 740. The van der Waals surface area contributed by atoms with Crippen LogP contribution in [0.2, 0.25) is 5.02 Å². The van der Waals surface area contributed by atoms with Gasteiger partial charge >= 0.3 is 0 Å². The van der Waals surface area contributed by atoms with E-state index in [1.54, 1.807) is 12.1 Å². The first kappa shape index (κ1) is 19.0. The number of halogens is 1. The molecule has 2 aromatic carbocycles. The lowest BCUT2D eigenvalue weighted by molar-refractivity contribution is -0.111. The second kappa shape index (κ2) is 9.25. The van der Waals surface area contributed by atoms with E-state index in [9.17, 15) is 4.79 Å². The number of anilines is 1. The van der Waals surface area contributed by atoms with Crippen LogP contribution < -0.4 is 10.1 Å². The highest BCUT2D eigenvalue weighted by molar-refractivity contribution is 6.33. The average molecular weight is 359 g/mol. The third-order valence-electron chi connectivity index (χ3n) is 3.50. The SMILES string of the molecule is Cc1ccc(NC(=O)/C=C/c2ccc(OCCN(C)C)cc2)c(Cl)c1. The largest absolute Gasteiger partial charge is 0.492 e. The van der Waals surface area contributed by atoms with Gasteiger partial charge in [0, 0.05) is 12.6 Å². The lowest BCUT2D eigenvalue weighted by atomic mass is 10.2. The highest BCUT2D eigenvalue weighted by Crippen LogP contribution is 2.22. The quantitative estimate of drug-likeness (QED) is 0.753. The van der Waals surface area contributed by atoms with Crippen LogP contribution in [0, 0.1) is 6.92 Å². The topological polar surface area (TPSA) is 41.6 Å². The number of amides is 1. The minimum Gasteiger partial charge on any atom is -0.492 e. The Kier molecular flexibility index (Phi) is 7.04. The van der Waals surface area contributed by atoms with Crippen LogP contribution in [0.15, 0.2) is 48.5 Å². The normalized spacial score (nSPS) is 11.1. The number of nitrogens with zero attached hydrogens (tertiary/aromatic N) is 1. The molecule has 0 atom stereocenters. The van der Waals surface area contributed by atoms with E-state index in [2.05, 4.69) is 10.2 Å². The molecule has 0 aliphatic rings. The fourth-order valence-electron chi connectivity index (χ4n) is 2.09. The van der Waals surface area contributed by atoms with Gasteiger partial charge < -0.3 is 15.0 Å². The number of hydrogen-bond acceptors (Lipinski definition) is 3. The number of benzene rings is 2. The average Bonchev–Trinajstić information content (AvgIpc) is 2.56. The Hall–Kier alpha value is -2.30. The molecule has 0 fully saturated rings. The van der Waals surface area contributed by atoms with Gasteiger partial charge in [-0.25, -0.2) is 0 Å². The van der Waals surface area contributed by atoms with E-state index in [1.807, 2.05) is 57.4 Å². The molecule has 25 heavy (non-hydrogen) atoms. The van der Waals surface area contributed by atoms with E-state index >= 15 is 0 Å². The maximum atomic E-state index is 12.0. The Morgan fingerprint density at radius 2 is 1.92 bits per heavy atom. The lowest BCUT2D eigenvalue weighted by Crippen LogP contribution is -2.19. The van der Waals surface area contributed by atoms with E-state index in [0.717, 1.165) is 23.4 Å².